The first-order valence-electron chi connectivity index (χ1n) is 12.8. The van der Waals surface area contributed by atoms with Gasteiger partial charge in [0.25, 0.3) is 0 Å². The minimum Gasteiger partial charge on any atom is -0.475 e. The summed E-state index contributed by atoms with van der Waals surface area (Å²) in [4.78, 5) is 18.5. The Hall–Kier alpha value is -0.970. The highest BCUT2D eigenvalue weighted by Gasteiger charge is 2.39. The van der Waals surface area contributed by atoms with E-state index in [1.807, 2.05) is 12.1 Å². The van der Waals surface area contributed by atoms with E-state index in [-0.39, 0.29) is 5.75 Å². The Morgan fingerprint density at radius 3 is 2.06 bits per heavy atom. The van der Waals surface area contributed by atoms with Gasteiger partial charge in [0, 0.05) is 0 Å². The summed E-state index contributed by atoms with van der Waals surface area (Å²) in [5.74, 6) is 1.17. The summed E-state index contributed by atoms with van der Waals surface area (Å²) in [6, 6.07) is 6.99. The Labute approximate surface area is 197 Å². The van der Waals surface area contributed by atoms with Crippen LogP contribution in [0.4, 0.5) is 8.78 Å². The number of rotatable bonds is 11. The highest BCUT2D eigenvalue weighted by Crippen LogP contribution is 2.46. The maximum absolute atomic E-state index is 13.6. The number of hydrogen-bond acceptors (Lipinski definition) is 2. The minimum absolute atomic E-state index is 0.146. The first kappa shape index (κ1) is 26.6. The Morgan fingerprint density at radius 2 is 1.55 bits per heavy atom. The van der Waals surface area contributed by atoms with Gasteiger partial charge in [-0.15, -0.1) is 0 Å². The van der Waals surface area contributed by atoms with Crippen LogP contribution in [0.1, 0.15) is 95.5 Å². The van der Waals surface area contributed by atoms with Crippen LogP contribution in [-0.2, 0) is 4.57 Å². The van der Waals surface area contributed by atoms with Crippen molar-refractivity contribution in [3.8, 4) is 5.75 Å². The van der Waals surface area contributed by atoms with Gasteiger partial charge in [0.05, 0.1) is 0 Å². The topological polar surface area (TPSA) is 66.8 Å². The molecule has 0 amide bonds. The lowest BCUT2D eigenvalue weighted by molar-refractivity contribution is 0.113. The van der Waals surface area contributed by atoms with Gasteiger partial charge in [-0.05, 0) is 79.9 Å². The van der Waals surface area contributed by atoms with E-state index in [1.165, 1.54) is 69.8 Å². The van der Waals surface area contributed by atoms with E-state index in [0.717, 1.165) is 30.6 Å². The maximum Gasteiger partial charge on any atom is 0.368 e. The van der Waals surface area contributed by atoms with E-state index < -0.39 is 26.3 Å². The van der Waals surface area contributed by atoms with E-state index in [1.54, 1.807) is 12.1 Å². The number of halogens is 2. The molecule has 0 aliphatic heterocycles. The summed E-state index contributed by atoms with van der Waals surface area (Å²) in [5, 5.41) is 0. The first-order chi connectivity index (χ1) is 15.8. The molecule has 188 valence electrons. The van der Waals surface area contributed by atoms with Crippen molar-refractivity contribution in [2.24, 2.45) is 17.8 Å². The van der Waals surface area contributed by atoms with Crippen LogP contribution in [0.2, 0.25) is 0 Å². The van der Waals surface area contributed by atoms with Crippen LogP contribution in [0.5, 0.6) is 5.75 Å². The van der Waals surface area contributed by atoms with Gasteiger partial charge in [-0.1, -0.05) is 57.6 Å². The van der Waals surface area contributed by atoms with Gasteiger partial charge in [-0.25, -0.2) is 8.78 Å². The van der Waals surface area contributed by atoms with Crippen molar-refractivity contribution < 1.29 is 27.9 Å². The lowest BCUT2D eigenvalue weighted by atomic mass is 9.68. The summed E-state index contributed by atoms with van der Waals surface area (Å²) >= 11 is 0. The SMILES string of the molecule is CCCCCC1CCC(C2CCC(c3ccc(OC(C(F)CF)P(=O)(O)O)cc3)CC2)CC1. The first-order valence-corrected chi connectivity index (χ1v) is 14.5. The molecule has 0 saturated heterocycles. The molecule has 3 rings (SSSR count). The van der Waals surface area contributed by atoms with Crippen LogP contribution in [0.15, 0.2) is 24.3 Å². The number of ether oxygens (including phenoxy) is 1. The van der Waals surface area contributed by atoms with E-state index in [4.69, 9.17) is 4.74 Å². The summed E-state index contributed by atoms with van der Waals surface area (Å²) in [7, 11) is -4.92. The molecule has 33 heavy (non-hydrogen) atoms. The molecule has 4 nitrogen and oxygen atoms in total. The fourth-order valence-electron chi connectivity index (χ4n) is 5.94. The van der Waals surface area contributed by atoms with Gasteiger partial charge < -0.3 is 14.5 Å². The number of alkyl halides is 2. The van der Waals surface area contributed by atoms with E-state index in [9.17, 15) is 23.1 Å². The molecular weight excluding hydrogens is 445 g/mol. The second kappa shape index (κ2) is 12.7. The molecule has 0 bridgehead atoms. The van der Waals surface area contributed by atoms with Gasteiger partial charge in [-0.3, -0.25) is 4.57 Å². The third-order valence-corrected chi connectivity index (χ3v) is 9.03. The molecular formula is C26H41F2O4P. The highest BCUT2D eigenvalue weighted by atomic mass is 31.2. The van der Waals surface area contributed by atoms with Crippen LogP contribution in [0.3, 0.4) is 0 Å². The zero-order chi connectivity index (χ0) is 23.8. The fourth-order valence-corrected chi connectivity index (χ4v) is 6.70. The average Bonchev–Trinajstić information content (AvgIpc) is 2.82. The second-order valence-corrected chi connectivity index (χ2v) is 11.9. The molecule has 0 heterocycles. The number of hydrogen-bond donors (Lipinski definition) is 2. The molecule has 2 saturated carbocycles. The van der Waals surface area contributed by atoms with Crippen LogP contribution < -0.4 is 4.74 Å². The van der Waals surface area contributed by atoms with Crippen molar-refractivity contribution in [1.82, 2.24) is 0 Å². The van der Waals surface area contributed by atoms with Crippen molar-refractivity contribution in [2.45, 2.75) is 102 Å². The third-order valence-electron chi connectivity index (χ3n) is 7.94. The summed E-state index contributed by atoms with van der Waals surface area (Å²) in [5.41, 5.74) is 1.18. The summed E-state index contributed by atoms with van der Waals surface area (Å²) in [6.07, 6.45) is 13.6. The van der Waals surface area contributed by atoms with E-state index >= 15 is 0 Å². The zero-order valence-electron chi connectivity index (χ0n) is 19.9. The molecule has 0 spiro atoms. The minimum atomic E-state index is -4.92. The Morgan fingerprint density at radius 1 is 0.970 bits per heavy atom. The molecule has 0 aromatic heterocycles. The smallest absolute Gasteiger partial charge is 0.368 e. The lowest BCUT2D eigenvalue weighted by Gasteiger charge is -2.38. The number of unbranched alkanes of at least 4 members (excludes halogenated alkanes) is 2. The molecule has 2 N–H and O–H groups in total. The molecule has 2 aliphatic rings. The average molecular weight is 487 g/mol. The lowest BCUT2D eigenvalue weighted by Crippen LogP contribution is -2.30. The predicted molar refractivity (Wildman–Crippen MR) is 128 cm³/mol. The van der Waals surface area contributed by atoms with Gasteiger partial charge >= 0.3 is 7.60 Å². The molecule has 2 aliphatic carbocycles. The monoisotopic (exact) mass is 486 g/mol. The predicted octanol–water partition coefficient (Wildman–Crippen LogP) is 7.54. The van der Waals surface area contributed by atoms with Crippen LogP contribution in [0.25, 0.3) is 0 Å². The Balaban J connectivity index is 1.46. The Bertz CT molecular complexity index is 737. The van der Waals surface area contributed by atoms with E-state index in [0.29, 0.717) is 5.92 Å². The number of benzene rings is 1. The van der Waals surface area contributed by atoms with Gasteiger partial charge in [0.1, 0.15) is 12.4 Å². The summed E-state index contributed by atoms with van der Waals surface area (Å²) in [6.45, 7) is 0.768. The third kappa shape index (κ3) is 7.77. The normalized spacial score (nSPS) is 28.3. The zero-order valence-corrected chi connectivity index (χ0v) is 20.8. The van der Waals surface area contributed by atoms with Crippen LogP contribution in [-0.4, -0.2) is 28.5 Å². The quantitative estimate of drug-likeness (QED) is 0.250. The maximum atomic E-state index is 13.6. The fraction of sp³-hybridized carbons (Fsp3) is 0.769. The molecule has 7 heteroatoms. The Kier molecular flexibility index (Phi) is 10.2. The van der Waals surface area contributed by atoms with Crippen molar-refractivity contribution in [2.75, 3.05) is 6.67 Å². The van der Waals surface area contributed by atoms with Crippen molar-refractivity contribution in [3.63, 3.8) is 0 Å². The highest BCUT2D eigenvalue weighted by molar-refractivity contribution is 7.52. The van der Waals surface area contributed by atoms with Crippen LogP contribution >= 0.6 is 7.60 Å². The van der Waals surface area contributed by atoms with Crippen molar-refractivity contribution in [1.29, 1.82) is 0 Å². The van der Waals surface area contributed by atoms with Crippen molar-refractivity contribution in [3.05, 3.63) is 29.8 Å². The molecule has 2 atom stereocenters. The van der Waals surface area contributed by atoms with Gasteiger partial charge in [0.15, 0.2) is 6.17 Å². The standard InChI is InChI=1S/C26H41F2O4P/c1-2-3-4-5-19-6-8-20(9-7-19)21-10-12-22(13-11-21)23-14-16-24(17-15-23)32-26(25(28)18-27)33(29,30)31/h14-17,19-22,25-26H,2-13,18H2,1H3,(H2,29,30,31). The molecule has 1 aromatic rings. The second-order valence-electron chi connectivity index (χ2n) is 10.2. The van der Waals surface area contributed by atoms with Gasteiger partial charge in [-0.2, -0.15) is 0 Å². The molecule has 1 aromatic carbocycles. The molecule has 0 radical (unpaired) electrons. The van der Waals surface area contributed by atoms with Crippen LogP contribution in [0, 0.1) is 17.8 Å². The van der Waals surface area contributed by atoms with E-state index in [2.05, 4.69) is 6.92 Å². The van der Waals surface area contributed by atoms with Crippen molar-refractivity contribution >= 4 is 7.60 Å². The molecule has 2 unspecified atom stereocenters. The van der Waals surface area contributed by atoms with Gasteiger partial charge in [0.2, 0.25) is 5.85 Å². The summed E-state index contributed by atoms with van der Waals surface area (Å²) < 4.78 is 42.8. The largest absolute Gasteiger partial charge is 0.475 e. The molecule has 2 fully saturated rings.